The van der Waals surface area contributed by atoms with Crippen LogP contribution in [0.2, 0.25) is 10.0 Å². The minimum Gasteiger partial charge on any atom is -0.497 e. The molecule has 0 fully saturated rings. The summed E-state index contributed by atoms with van der Waals surface area (Å²) in [5.74, 6) is 0.104. The summed E-state index contributed by atoms with van der Waals surface area (Å²) in [6.07, 6.45) is 1.35. The van der Waals surface area contributed by atoms with E-state index in [1.165, 1.54) is 19.4 Å². The second-order valence-electron chi connectivity index (χ2n) is 3.45. The molecule has 6 heteroatoms. The highest BCUT2D eigenvalue weighted by molar-refractivity contribution is 6.33. The van der Waals surface area contributed by atoms with Gasteiger partial charge in [0.2, 0.25) is 0 Å². The first kappa shape index (κ1) is 12.9. The average molecular weight is 287 g/mol. The molecule has 1 aromatic heterocycles. The van der Waals surface area contributed by atoms with Crippen molar-refractivity contribution in [3.8, 4) is 5.75 Å². The van der Waals surface area contributed by atoms with Crippen LogP contribution >= 0.6 is 23.2 Å². The van der Waals surface area contributed by atoms with E-state index in [2.05, 4.69) is 10.3 Å². The molecule has 0 aliphatic heterocycles. The molecular weight excluding hydrogens is 278 g/mol. The number of pyridine rings is 1. The maximum absolute atomic E-state index is 13.6. The van der Waals surface area contributed by atoms with Crippen LogP contribution in [0.15, 0.2) is 30.5 Å². The topological polar surface area (TPSA) is 34.1 Å². The van der Waals surface area contributed by atoms with E-state index in [1.54, 1.807) is 18.2 Å². The zero-order valence-corrected chi connectivity index (χ0v) is 10.9. The lowest BCUT2D eigenvalue weighted by atomic mass is 10.3. The first-order valence-corrected chi connectivity index (χ1v) is 5.77. The summed E-state index contributed by atoms with van der Waals surface area (Å²) in [6.45, 7) is 0. The normalized spacial score (nSPS) is 10.2. The van der Waals surface area contributed by atoms with Gasteiger partial charge in [0.25, 0.3) is 0 Å². The molecule has 0 unspecified atom stereocenters. The number of benzene rings is 1. The van der Waals surface area contributed by atoms with Crippen molar-refractivity contribution in [1.29, 1.82) is 0 Å². The predicted octanol–water partition coefficient (Wildman–Crippen LogP) is 4.28. The molecular formula is C12H9Cl2FN2O. The molecule has 1 heterocycles. The van der Waals surface area contributed by atoms with Crippen LogP contribution in [0, 0.1) is 5.82 Å². The maximum Gasteiger partial charge on any atom is 0.167 e. The zero-order valence-electron chi connectivity index (χ0n) is 9.38. The van der Waals surface area contributed by atoms with Gasteiger partial charge in [-0.25, -0.2) is 9.37 Å². The van der Waals surface area contributed by atoms with Crippen LogP contribution in [-0.4, -0.2) is 12.1 Å². The molecule has 0 saturated carbocycles. The first-order chi connectivity index (χ1) is 8.60. The zero-order chi connectivity index (χ0) is 13.1. The Bertz CT molecular complexity index is 578. The summed E-state index contributed by atoms with van der Waals surface area (Å²) in [5.41, 5.74) is 0.504. The highest BCUT2D eigenvalue weighted by Crippen LogP contribution is 2.30. The summed E-state index contributed by atoms with van der Waals surface area (Å²) in [7, 11) is 1.54. The molecule has 0 atom stereocenters. The third kappa shape index (κ3) is 2.83. The van der Waals surface area contributed by atoms with Crippen LogP contribution in [-0.2, 0) is 0 Å². The van der Waals surface area contributed by atoms with E-state index in [0.29, 0.717) is 16.5 Å². The van der Waals surface area contributed by atoms with Crippen molar-refractivity contribution in [2.75, 3.05) is 12.4 Å². The Hall–Kier alpha value is -1.52. The molecule has 0 radical (unpaired) electrons. The van der Waals surface area contributed by atoms with Gasteiger partial charge in [-0.05, 0) is 18.2 Å². The number of nitrogens with zero attached hydrogens (tertiary/aromatic N) is 1. The lowest BCUT2D eigenvalue weighted by molar-refractivity contribution is 0.415. The van der Waals surface area contributed by atoms with Crippen molar-refractivity contribution in [1.82, 2.24) is 4.98 Å². The van der Waals surface area contributed by atoms with E-state index in [1.807, 2.05) is 0 Å². The fourth-order valence-corrected chi connectivity index (χ4v) is 1.67. The number of ether oxygens (including phenoxy) is 1. The van der Waals surface area contributed by atoms with Gasteiger partial charge >= 0.3 is 0 Å². The molecule has 3 nitrogen and oxygen atoms in total. The summed E-state index contributed by atoms with van der Waals surface area (Å²) in [5, 5.41) is 3.45. The highest BCUT2D eigenvalue weighted by Gasteiger charge is 2.08. The molecule has 18 heavy (non-hydrogen) atoms. The van der Waals surface area contributed by atoms with E-state index >= 15 is 0 Å². The molecule has 2 aromatic rings. The van der Waals surface area contributed by atoms with Gasteiger partial charge in [-0.2, -0.15) is 0 Å². The highest BCUT2D eigenvalue weighted by atomic mass is 35.5. The number of hydrogen-bond acceptors (Lipinski definition) is 3. The molecule has 94 valence electrons. The Labute approximate surface area is 114 Å². The van der Waals surface area contributed by atoms with Crippen LogP contribution in [0.3, 0.4) is 0 Å². The summed E-state index contributed by atoms with van der Waals surface area (Å²) in [6, 6.07) is 6.18. The Balaban J connectivity index is 2.33. The van der Waals surface area contributed by atoms with Crippen molar-refractivity contribution < 1.29 is 9.13 Å². The third-order valence-corrected chi connectivity index (χ3v) is 2.77. The molecule has 0 aliphatic carbocycles. The van der Waals surface area contributed by atoms with E-state index in [4.69, 9.17) is 27.9 Å². The van der Waals surface area contributed by atoms with Crippen LogP contribution in [0.1, 0.15) is 0 Å². The average Bonchev–Trinajstić information content (AvgIpc) is 2.35. The summed E-state index contributed by atoms with van der Waals surface area (Å²) in [4.78, 5) is 3.85. The Morgan fingerprint density at radius 2 is 2.06 bits per heavy atom. The van der Waals surface area contributed by atoms with Gasteiger partial charge in [0.1, 0.15) is 5.75 Å². The summed E-state index contributed by atoms with van der Waals surface area (Å²) < 4.78 is 18.6. The third-order valence-electron chi connectivity index (χ3n) is 2.23. The quantitative estimate of drug-likeness (QED) is 0.914. The maximum atomic E-state index is 13.6. The SMILES string of the molecule is COc1ccc(Cl)c(Nc2ncc(Cl)cc2F)c1. The molecule has 0 aliphatic rings. The van der Waals surface area contributed by atoms with Crippen molar-refractivity contribution >= 4 is 34.7 Å². The molecule has 2 rings (SSSR count). The number of aromatic nitrogens is 1. The van der Waals surface area contributed by atoms with Gasteiger partial charge < -0.3 is 10.1 Å². The molecule has 0 bridgehead atoms. The number of hydrogen-bond donors (Lipinski definition) is 1. The summed E-state index contributed by atoms with van der Waals surface area (Å²) >= 11 is 11.6. The lowest BCUT2D eigenvalue weighted by Crippen LogP contribution is -1.98. The molecule has 1 aromatic carbocycles. The molecule has 1 N–H and O–H groups in total. The molecule has 0 saturated heterocycles. The van der Waals surface area contributed by atoms with E-state index in [-0.39, 0.29) is 10.8 Å². The van der Waals surface area contributed by atoms with Crippen molar-refractivity contribution in [2.45, 2.75) is 0 Å². The number of nitrogens with one attached hydrogen (secondary N) is 1. The fourth-order valence-electron chi connectivity index (χ4n) is 1.36. The molecule has 0 spiro atoms. The van der Waals surface area contributed by atoms with Gasteiger partial charge in [0.05, 0.1) is 22.8 Å². The van der Waals surface area contributed by atoms with Crippen molar-refractivity contribution in [2.24, 2.45) is 0 Å². The standard InChI is InChI=1S/C12H9Cl2FN2O/c1-18-8-2-3-9(14)11(5-8)17-12-10(15)4-7(13)6-16-12/h2-6H,1H3,(H,16,17). The van der Waals surface area contributed by atoms with E-state index in [0.717, 1.165) is 0 Å². The number of methoxy groups -OCH3 is 1. The van der Waals surface area contributed by atoms with Gasteiger partial charge in [0, 0.05) is 12.3 Å². The lowest BCUT2D eigenvalue weighted by Gasteiger charge is -2.10. The second kappa shape index (κ2) is 5.42. The first-order valence-electron chi connectivity index (χ1n) is 5.02. The largest absolute Gasteiger partial charge is 0.497 e. The number of rotatable bonds is 3. The Morgan fingerprint density at radius 3 is 2.72 bits per heavy atom. The Kier molecular flexibility index (Phi) is 3.89. The van der Waals surface area contributed by atoms with Crippen LogP contribution in [0.4, 0.5) is 15.9 Å². The number of anilines is 2. The van der Waals surface area contributed by atoms with Crippen LogP contribution in [0.5, 0.6) is 5.75 Å². The second-order valence-corrected chi connectivity index (χ2v) is 4.30. The van der Waals surface area contributed by atoms with E-state index in [9.17, 15) is 4.39 Å². The monoisotopic (exact) mass is 286 g/mol. The Morgan fingerprint density at radius 1 is 1.28 bits per heavy atom. The van der Waals surface area contributed by atoms with Crippen LogP contribution < -0.4 is 10.1 Å². The van der Waals surface area contributed by atoms with Gasteiger partial charge in [-0.15, -0.1) is 0 Å². The fraction of sp³-hybridized carbons (Fsp3) is 0.0833. The minimum absolute atomic E-state index is 0.0505. The predicted molar refractivity (Wildman–Crippen MR) is 70.5 cm³/mol. The van der Waals surface area contributed by atoms with Gasteiger partial charge in [-0.3, -0.25) is 0 Å². The molecule has 0 amide bonds. The minimum atomic E-state index is -0.554. The van der Waals surface area contributed by atoms with Crippen LogP contribution in [0.25, 0.3) is 0 Å². The van der Waals surface area contributed by atoms with Crippen molar-refractivity contribution in [3.05, 3.63) is 46.3 Å². The number of halogens is 3. The van der Waals surface area contributed by atoms with Crippen molar-refractivity contribution in [3.63, 3.8) is 0 Å². The van der Waals surface area contributed by atoms with Gasteiger partial charge in [0.15, 0.2) is 11.6 Å². The van der Waals surface area contributed by atoms with Gasteiger partial charge in [-0.1, -0.05) is 23.2 Å². The van der Waals surface area contributed by atoms with E-state index < -0.39 is 5.82 Å². The smallest absolute Gasteiger partial charge is 0.167 e.